The summed E-state index contributed by atoms with van der Waals surface area (Å²) in [5.41, 5.74) is 0.760. The summed E-state index contributed by atoms with van der Waals surface area (Å²) in [5.74, 6) is 1.17. The molecule has 0 bridgehead atoms. The first kappa shape index (κ1) is 23.3. The molecule has 0 unspecified atom stereocenters. The van der Waals surface area contributed by atoms with Gasteiger partial charge in [-0.2, -0.15) is 0 Å². The van der Waals surface area contributed by atoms with E-state index in [2.05, 4.69) is 17.6 Å². The highest BCUT2D eigenvalue weighted by atomic mass is 35.5. The Morgan fingerprint density at radius 2 is 1.84 bits per heavy atom. The van der Waals surface area contributed by atoms with Crippen molar-refractivity contribution in [1.29, 1.82) is 0 Å². The summed E-state index contributed by atoms with van der Waals surface area (Å²) in [4.78, 5) is 13.1. The number of amides is 1. The highest BCUT2D eigenvalue weighted by molar-refractivity contribution is 7.80. The number of benzene rings is 2. The van der Waals surface area contributed by atoms with Gasteiger partial charge in [0, 0.05) is 15.8 Å². The topological polar surface area (TPSA) is 59.6 Å². The molecule has 1 heterocycles. The second-order valence-electron chi connectivity index (χ2n) is 6.95. The van der Waals surface area contributed by atoms with Crippen LogP contribution in [0, 0.1) is 0 Å². The minimum atomic E-state index is -0.352. The minimum Gasteiger partial charge on any atom is -0.497 e. The van der Waals surface area contributed by atoms with Gasteiger partial charge in [0.2, 0.25) is 0 Å². The highest BCUT2D eigenvalue weighted by Crippen LogP contribution is 2.37. The number of nitrogens with one attached hydrogen (secondary N) is 2. The molecule has 5 nitrogen and oxygen atoms in total. The molecule has 1 amide bonds. The maximum Gasteiger partial charge on any atom is 0.269 e. The van der Waals surface area contributed by atoms with Crippen LogP contribution in [0.5, 0.6) is 11.5 Å². The van der Waals surface area contributed by atoms with E-state index >= 15 is 0 Å². The summed E-state index contributed by atoms with van der Waals surface area (Å²) < 4.78 is 11.8. The SMILES string of the molecule is CCCCCCOc1ccc(NC(=S)NC(=O)c2sc3cc(OC)ccc3c2Cl)cc1. The number of halogens is 1. The number of hydrogen-bond donors (Lipinski definition) is 2. The van der Waals surface area contributed by atoms with Crippen LogP contribution in [-0.4, -0.2) is 24.7 Å². The van der Waals surface area contributed by atoms with E-state index in [9.17, 15) is 4.79 Å². The molecule has 3 rings (SSSR count). The van der Waals surface area contributed by atoms with E-state index in [4.69, 9.17) is 33.3 Å². The Morgan fingerprint density at radius 3 is 2.55 bits per heavy atom. The molecule has 31 heavy (non-hydrogen) atoms. The smallest absolute Gasteiger partial charge is 0.269 e. The van der Waals surface area contributed by atoms with Gasteiger partial charge in [0.25, 0.3) is 5.91 Å². The zero-order valence-corrected chi connectivity index (χ0v) is 19.9. The van der Waals surface area contributed by atoms with E-state index in [0.29, 0.717) is 22.3 Å². The van der Waals surface area contributed by atoms with Crippen molar-refractivity contribution in [2.75, 3.05) is 19.0 Å². The van der Waals surface area contributed by atoms with Gasteiger partial charge in [0.1, 0.15) is 16.4 Å². The van der Waals surface area contributed by atoms with Gasteiger partial charge in [-0.05, 0) is 61.1 Å². The summed E-state index contributed by atoms with van der Waals surface area (Å²) in [6.45, 7) is 2.90. The van der Waals surface area contributed by atoms with Crippen molar-refractivity contribution in [2.24, 2.45) is 0 Å². The number of anilines is 1. The van der Waals surface area contributed by atoms with E-state index in [0.717, 1.165) is 27.9 Å². The fraction of sp³-hybridized carbons (Fsp3) is 0.304. The van der Waals surface area contributed by atoms with Crippen LogP contribution in [0.3, 0.4) is 0 Å². The van der Waals surface area contributed by atoms with Crippen LogP contribution in [0.2, 0.25) is 5.02 Å². The first-order chi connectivity index (χ1) is 15.0. The standard InChI is InChI=1S/C23H25ClN2O3S2/c1-3-4-5-6-13-29-16-9-7-15(8-10-16)25-23(30)26-22(27)21-20(24)18-12-11-17(28-2)14-19(18)31-21/h7-12,14H,3-6,13H2,1-2H3,(H2,25,26,27,30). The van der Waals surface area contributed by atoms with E-state index in [1.54, 1.807) is 7.11 Å². The number of methoxy groups -OCH3 is 1. The first-order valence-corrected chi connectivity index (χ1v) is 11.7. The van der Waals surface area contributed by atoms with Crippen molar-refractivity contribution in [2.45, 2.75) is 32.6 Å². The van der Waals surface area contributed by atoms with Gasteiger partial charge in [0.05, 0.1) is 18.7 Å². The van der Waals surface area contributed by atoms with Crippen molar-refractivity contribution >= 4 is 61.9 Å². The van der Waals surface area contributed by atoms with Crippen molar-refractivity contribution < 1.29 is 14.3 Å². The quantitative estimate of drug-likeness (QED) is 0.267. The molecule has 0 aliphatic carbocycles. The third kappa shape index (κ3) is 6.32. The van der Waals surface area contributed by atoms with Crippen LogP contribution in [0.15, 0.2) is 42.5 Å². The van der Waals surface area contributed by atoms with Gasteiger partial charge < -0.3 is 14.8 Å². The van der Waals surface area contributed by atoms with Gasteiger partial charge >= 0.3 is 0 Å². The Balaban J connectivity index is 1.55. The van der Waals surface area contributed by atoms with Crippen LogP contribution in [-0.2, 0) is 0 Å². The fourth-order valence-electron chi connectivity index (χ4n) is 2.99. The molecule has 0 fully saturated rings. The number of thiocarbonyl (C=S) groups is 1. The van der Waals surface area contributed by atoms with Crippen molar-refractivity contribution in [3.05, 3.63) is 52.4 Å². The zero-order valence-electron chi connectivity index (χ0n) is 17.5. The van der Waals surface area contributed by atoms with Crippen LogP contribution >= 0.6 is 35.2 Å². The van der Waals surface area contributed by atoms with Crippen LogP contribution in [0.4, 0.5) is 5.69 Å². The molecule has 0 saturated carbocycles. The van der Waals surface area contributed by atoms with Crippen LogP contribution in [0.25, 0.3) is 10.1 Å². The summed E-state index contributed by atoms with van der Waals surface area (Å²) in [6, 6.07) is 13.0. The molecule has 2 N–H and O–H groups in total. The Bertz CT molecular complexity index is 1050. The summed E-state index contributed by atoms with van der Waals surface area (Å²) in [6.07, 6.45) is 4.68. The molecule has 0 atom stereocenters. The second-order valence-corrected chi connectivity index (χ2v) is 8.79. The number of thiophene rings is 1. The number of carbonyl (C=O) groups is 1. The van der Waals surface area contributed by atoms with E-state index in [1.165, 1.54) is 30.6 Å². The molecule has 0 saturated heterocycles. The lowest BCUT2D eigenvalue weighted by Crippen LogP contribution is -2.33. The maximum atomic E-state index is 12.7. The molecule has 3 aromatic rings. The minimum absolute atomic E-state index is 0.198. The monoisotopic (exact) mass is 476 g/mol. The number of rotatable bonds is 9. The molecule has 0 radical (unpaired) electrons. The molecule has 2 aromatic carbocycles. The third-order valence-electron chi connectivity index (χ3n) is 4.65. The lowest BCUT2D eigenvalue weighted by atomic mass is 10.2. The predicted molar refractivity (Wildman–Crippen MR) is 133 cm³/mol. The third-order valence-corrected chi connectivity index (χ3v) is 6.51. The zero-order chi connectivity index (χ0) is 22.2. The number of unbranched alkanes of at least 4 members (excludes halogenated alkanes) is 3. The molecule has 0 aliphatic heterocycles. The first-order valence-electron chi connectivity index (χ1n) is 10.1. The second kappa shape index (κ2) is 11.3. The van der Waals surface area contributed by atoms with Crippen LogP contribution in [0.1, 0.15) is 42.3 Å². The number of carbonyl (C=O) groups excluding carboxylic acids is 1. The highest BCUT2D eigenvalue weighted by Gasteiger charge is 2.18. The largest absolute Gasteiger partial charge is 0.497 e. The van der Waals surface area contributed by atoms with E-state index in [1.807, 2.05) is 42.5 Å². The lowest BCUT2D eigenvalue weighted by molar-refractivity contribution is 0.0982. The Kier molecular flexibility index (Phi) is 8.51. The molecule has 164 valence electrons. The predicted octanol–water partition coefficient (Wildman–Crippen LogP) is 6.65. The van der Waals surface area contributed by atoms with Crippen molar-refractivity contribution in [3.8, 4) is 11.5 Å². The average Bonchev–Trinajstić information content (AvgIpc) is 3.10. The Hall–Kier alpha value is -2.35. The van der Waals surface area contributed by atoms with Gasteiger partial charge in [-0.1, -0.05) is 37.8 Å². The van der Waals surface area contributed by atoms with E-state index in [-0.39, 0.29) is 11.0 Å². The Labute approximate surface area is 196 Å². The number of hydrogen-bond acceptors (Lipinski definition) is 5. The summed E-state index contributed by atoms with van der Waals surface area (Å²) >= 11 is 13.0. The average molecular weight is 477 g/mol. The fourth-order valence-corrected chi connectivity index (χ4v) is 4.65. The molecule has 1 aromatic heterocycles. The normalized spacial score (nSPS) is 10.7. The van der Waals surface area contributed by atoms with Crippen molar-refractivity contribution in [1.82, 2.24) is 5.32 Å². The molecular weight excluding hydrogens is 452 g/mol. The molecule has 8 heteroatoms. The van der Waals surface area contributed by atoms with Crippen molar-refractivity contribution in [3.63, 3.8) is 0 Å². The van der Waals surface area contributed by atoms with Gasteiger partial charge in [-0.3, -0.25) is 10.1 Å². The Morgan fingerprint density at radius 1 is 1.10 bits per heavy atom. The lowest BCUT2D eigenvalue weighted by Gasteiger charge is -2.10. The summed E-state index contributed by atoms with van der Waals surface area (Å²) in [7, 11) is 1.60. The summed E-state index contributed by atoms with van der Waals surface area (Å²) in [5, 5.41) is 7.11. The molecular formula is C23H25ClN2O3S2. The van der Waals surface area contributed by atoms with Gasteiger partial charge in [-0.15, -0.1) is 11.3 Å². The van der Waals surface area contributed by atoms with Crippen LogP contribution < -0.4 is 20.1 Å². The van der Waals surface area contributed by atoms with Gasteiger partial charge in [-0.25, -0.2) is 0 Å². The van der Waals surface area contributed by atoms with Gasteiger partial charge in [0.15, 0.2) is 5.11 Å². The molecule has 0 spiro atoms. The number of ether oxygens (including phenoxy) is 2. The maximum absolute atomic E-state index is 12.7. The molecule has 0 aliphatic rings. The van der Waals surface area contributed by atoms with E-state index < -0.39 is 0 Å². The number of fused-ring (bicyclic) bond motifs is 1.